The number of para-hydroxylation sites is 2. The van der Waals surface area contributed by atoms with Crippen molar-refractivity contribution in [2.24, 2.45) is 5.16 Å². The number of rotatable bonds is 4. The molecule has 0 radical (unpaired) electrons. The van der Waals surface area contributed by atoms with Crippen LogP contribution in [0.3, 0.4) is 0 Å². The van der Waals surface area contributed by atoms with Crippen molar-refractivity contribution < 1.29 is 13.5 Å². The van der Waals surface area contributed by atoms with Crippen molar-refractivity contribution in [3.63, 3.8) is 0 Å². The van der Waals surface area contributed by atoms with E-state index in [0.717, 1.165) is 0 Å². The molecule has 0 aliphatic heterocycles. The molecule has 18 heavy (non-hydrogen) atoms. The number of aromatic nitrogens is 1. The van der Waals surface area contributed by atoms with Gasteiger partial charge in [-0.1, -0.05) is 17.3 Å². The van der Waals surface area contributed by atoms with Gasteiger partial charge in [0.2, 0.25) is 5.71 Å². The average molecular weight is 264 g/mol. The fourth-order valence-corrected chi connectivity index (χ4v) is 1.22. The molecule has 0 N–H and O–H groups in total. The Morgan fingerprint density at radius 1 is 1.50 bits per heavy atom. The minimum atomic E-state index is -0.263. The highest BCUT2D eigenvalue weighted by Gasteiger charge is 2.13. The second kappa shape index (κ2) is 5.21. The Labute approximate surface area is 107 Å². The van der Waals surface area contributed by atoms with Crippen LogP contribution in [0.5, 0.6) is 0 Å². The van der Waals surface area contributed by atoms with E-state index < -0.39 is 0 Å². The van der Waals surface area contributed by atoms with Gasteiger partial charge in [0.15, 0.2) is 5.58 Å². The van der Waals surface area contributed by atoms with Crippen molar-refractivity contribution in [3.05, 3.63) is 42.7 Å². The fraction of sp³-hybridized carbons (Fsp3) is 0. The number of halogens is 1. The van der Waals surface area contributed by atoms with E-state index in [-0.39, 0.29) is 17.5 Å². The van der Waals surface area contributed by atoms with Gasteiger partial charge in [-0.2, -0.15) is 5.26 Å². The molecule has 0 atom stereocenters. The van der Waals surface area contributed by atoms with Gasteiger partial charge in [-0.15, -0.1) is 0 Å². The van der Waals surface area contributed by atoms with Gasteiger partial charge in [-0.05, 0) is 18.7 Å². The van der Waals surface area contributed by atoms with Crippen LogP contribution in [-0.2, 0) is 9.13 Å². The average Bonchev–Trinajstić information content (AvgIpc) is 2.82. The summed E-state index contributed by atoms with van der Waals surface area (Å²) in [5, 5.41) is 12.4. The van der Waals surface area contributed by atoms with Gasteiger partial charge in [-0.3, -0.25) is 0 Å². The predicted octanol–water partition coefficient (Wildman–Crippen LogP) is 2.71. The largest absolute Gasteiger partial charge is 0.434 e. The first kappa shape index (κ1) is 12.0. The summed E-state index contributed by atoms with van der Waals surface area (Å²) in [7, 11) is 0. The number of hydrogen-bond donors (Lipinski definition) is 0. The zero-order valence-corrected chi connectivity index (χ0v) is 9.72. The molecule has 0 amide bonds. The van der Waals surface area contributed by atoms with E-state index in [1.54, 1.807) is 30.3 Å². The minimum Gasteiger partial charge on any atom is -0.434 e. The van der Waals surface area contributed by atoms with Crippen molar-refractivity contribution in [2.75, 3.05) is 0 Å². The van der Waals surface area contributed by atoms with Gasteiger partial charge >= 0.3 is 5.95 Å². The zero-order chi connectivity index (χ0) is 13.0. The third-order valence-corrected chi connectivity index (χ3v) is 2.10. The maximum Gasteiger partial charge on any atom is 0.321 e. The first-order chi connectivity index (χ1) is 8.74. The van der Waals surface area contributed by atoms with Crippen molar-refractivity contribution in [2.45, 2.75) is 0 Å². The molecule has 0 saturated carbocycles. The summed E-state index contributed by atoms with van der Waals surface area (Å²) in [5.41, 5.74) is 1.01. The van der Waals surface area contributed by atoms with Crippen LogP contribution in [0, 0.1) is 11.3 Å². The van der Waals surface area contributed by atoms with Crippen LogP contribution in [0.15, 0.2) is 46.4 Å². The number of oxazole rings is 1. The molecular formula is C11H6ClN3O3. The van der Waals surface area contributed by atoms with Gasteiger partial charge in [-0.25, -0.2) is 4.98 Å². The van der Waals surface area contributed by atoms with Crippen molar-refractivity contribution in [1.29, 1.82) is 5.26 Å². The van der Waals surface area contributed by atoms with Crippen LogP contribution in [0.4, 0.5) is 0 Å². The van der Waals surface area contributed by atoms with Gasteiger partial charge in [0.25, 0.3) is 5.89 Å². The molecule has 6 nitrogen and oxygen atoms in total. The first-order valence-electron chi connectivity index (χ1n) is 4.73. The molecule has 0 spiro atoms. The van der Waals surface area contributed by atoms with E-state index in [1.165, 1.54) is 0 Å². The number of fused-ring (bicyclic) bond motifs is 1. The molecule has 90 valence electrons. The van der Waals surface area contributed by atoms with Gasteiger partial charge in [0.05, 0.1) is 0 Å². The summed E-state index contributed by atoms with van der Waals surface area (Å²) in [4.78, 5) is 8.70. The molecule has 0 aliphatic carbocycles. The maximum atomic E-state index is 8.93. The fourth-order valence-electron chi connectivity index (χ4n) is 1.19. The lowest BCUT2D eigenvalue weighted by Gasteiger charge is -1.95. The molecule has 0 saturated heterocycles. The molecule has 0 fully saturated rings. The van der Waals surface area contributed by atoms with Crippen LogP contribution in [0.2, 0.25) is 0 Å². The Balaban J connectivity index is 2.33. The molecule has 2 aromatic rings. The summed E-state index contributed by atoms with van der Waals surface area (Å²) in [6, 6.07) is 8.86. The van der Waals surface area contributed by atoms with Gasteiger partial charge in [0, 0.05) is 0 Å². The highest BCUT2D eigenvalue weighted by molar-refractivity contribution is 6.09. The summed E-state index contributed by atoms with van der Waals surface area (Å²) in [6.07, 6.45) is 0. The topological polar surface area (TPSA) is 80.6 Å². The summed E-state index contributed by atoms with van der Waals surface area (Å²) < 4.78 is 9.47. The van der Waals surface area contributed by atoms with Crippen molar-refractivity contribution in [1.82, 2.24) is 4.98 Å². The van der Waals surface area contributed by atoms with E-state index in [0.29, 0.717) is 11.1 Å². The summed E-state index contributed by atoms with van der Waals surface area (Å²) >= 11 is 4.97. The number of nitriles is 1. The SMILES string of the molecule is C=C(OCl)ON=C(C#N)c1nc2ccccc2o1. The third kappa shape index (κ3) is 2.42. The van der Waals surface area contributed by atoms with E-state index in [4.69, 9.17) is 21.5 Å². The lowest BCUT2D eigenvalue weighted by atomic mass is 10.3. The Morgan fingerprint density at radius 2 is 2.28 bits per heavy atom. The van der Waals surface area contributed by atoms with Gasteiger partial charge in [0.1, 0.15) is 23.5 Å². The third-order valence-electron chi connectivity index (χ3n) is 1.93. The smallest absolute Gasteiger partial charge is 0.321 e. The Kier molecular flexibility index (Phi) is 3.46. The van der Waals surface area contributed by atoms with Gasteiger partial charge < -0.3 is 13.5 Å². The molecule has 0 unspecified atom stereocenters. The molecule has 1 aromatic heterocycles. The number of hydrogen-bond acceptors (Lipinski definition) is 6. The number of oxime groups is 1. The van der Waals surface area contributed by atoms with Crippen molar-refractivity contribution >= 4 is 28.7 Å². The normalized spacial score (nSPS) is 11.0. The van der Waals surface area contributed by atoms with E-state index in [2.05, 4.69) is 25.8 Å². The monoisotopic (exact) mass is 263 g/mol. The summed E-state index contributed by atoms with van der Waals surface area (Å²) in [6.45, 7) is 3.27. The van der Waals surface area contributed by atoms with Crippen LogP contribution >= 0.6 is 11.9 Å². The molecule has 0 aliphatic rings. The summed E-state index contributed by atoms with van der Waals surface area (Å²) in [5.74, 6) is -0.221. The highest BCUT2D eigenvalue weighted by Crippen LogP contribution is 2.15. The lowest BCUT2D eigenvalue weighted by molar-refractivity contribution is 0.122. The number of benzene rings is 1. The molecule has 1 heterocycles. The molecular weight excluding hydrogens is 258 g/mol. The van der Waals surface area contributed by atoms with Crippen LogP contribution in [0.1, 0.15) is 5.89 Å². The second-order valence-electron chi connectivity index (χ2n) is 3.08. The Morgan fingerprint density at radius 3 is 2.94 bits per heavy atom. The maximum absolute atomic E-state index is 8.93. The standard InChI is InChI=1S/C11H6ClN3O3/c1-7(17-12)18-15-9(6-13)11-14-8-4-2-3-5-10(8)16-11/h2-5H,1H2. The van der Waals surface area contributed by atoms with Crippen molar-refractivity contribution in [3.8, 4) is 6.07 Å². The van der Waals surface area contributed by atoms with E-state index in [1.807, 2.05) is 0 Å². The Hall–Kier alpha value is -2.52. The van der Waals surface area contributed by atoms with E-state index >= 15 is 0 Å². The predicted molar refractivity (Wildman–Crippen MR) is 63.3 cm³/mol. The second-order valence-corrected chi connectivity index (χ2v) is 3.23. The molecule has 1 aromatic carbocycles. The zero-order valence-electron chi connectivity index (χ0n) is 8.96. The minimum absolute atomic E-state index is 0.0427. The lowest BCUT2D eigenvalue weighted by Crippen LogP contribution is -1.99. The highest BCUT2D eigenvalue weighted by atomic mass is 35.5. The first-order valence-corrected chi connectivity index (χ1v) is 5.04. The van der Waals surface area contributed by atoms with Crippen LogP contribution in [0.25, 0.3) is 11.1 Å². The number of nitrogens with zero attached hydrogens (tertiary/aromatic N) is 3. The Bertz CT molecular complexity index is 624. The van der Waals surface area contributed by atoms with Crippen LogP contribution in [-0.4, -0.2) is 10.7 Å². The van der Waals surface area contributed by atoms with Crippen LogP contribution < -0.4 is 0 Å². The quantitative estimate of drug-likeness (QED) is 0.481. The molecule has 2 rings (SSSR count). The molecule has 7 heteroatoms. The van der Waals surface area contributed by atoms with E-state index in [9.17, 15) is 0 Å². The molecule has 0 bridgehead atoms.